The molecule has 0 aliphatic rings. The van der Waals surface area contributed by atoms with Crippen LogP contribution in [-0.2, 0) is 0 Å². The van der Waals surface area contributed by atoms with Gasteiger partial charge in [0, 0.05) is 18.8 Å². The molecule has 1 aromatic rings. The second-order valence-corrected chi connectivity index (χ2v) is 2.00. The Kier molecular flexibility index (Phi) is 2.10. The highest BCUT2D eigenvalue weighted by molar-refractivity contribution is 5.75. The van der Waals surface area contributed by atoms with E-state index in [0.29, 0.717) is 6.54 Å². The van der Waals surface area contributed by atoms with Crippen molar-refractivity contribution in [3.63, 3.8) is 0 Å². The van der Waals surface area contributed by atoms with Crippen LogP contribution in [0.2, 0.25) is 0 Å². The monoisotopic (exact) mass is 155 g/mol. The van der Waals surface area contributed by atoms with E-state index in [4.69, 9.17) is 0 Å². The van der Waals surface area contributed by atoms with Gasteiger partial charge in [0.05, 0.1) is 0 Å². The lowest BCUT2D eigenvalue weighted by molar-refractivity contribution is 0.240. The predicted molar refractivity (Wildman–Crippen MR) is 39.5 cm³/mol. The van der Waals surface area contributed by atoms with Crippen molar-refractivity contribution >= 4 is 6.03 Å². The lowest BCUT2D eigenvalue weighted by Gasteiger charge is -1.99. The number of hydrogen-bond donors (Lipinski definition) is 2. The molecule has 0 fully saturated rings. The summed E-state index contributed by atoms with van der Waals surface area (Å²) in [5.41, 5.74) is -0.281. The van der Waals surface area contributed by atoms with Gasteiger partial charge in [0.25, 0.3) is 5.56 Å². The number of nitrogens with one attached hydrogen (secondary N) is 2. The number of H-pyrrole nitrogens is 1. The maximum Gasteiger partial charge on any atom is 0.340 e. The van der Waals surface area contributed by atoms with Crippen LogP contribution in [0.1, 0.15) is 6.92 Å². The number of nitrogens with zero attached hydrogens (tertiary/aromatic N) is 1. The smallest absolute Gasteiger partial charge is 0.337 e. The van der Waals surface area contributed by atoms with E-state index in [2.05, 4.69) is 10.4 Å². The zero-order valence-corrected chi connectivity index (χ0v) is 6.13. The predicted octanol–water partition coefficient (Wildman–Crippen LogP) is -0.246. The summed E-state index contributed by atoms with van der Waals surface area (Å²) >= 11 is 0. The fourth-order valence-corrected chi connectivity index (χ4v) is 0.690. The minimum absolute atomic E-state index is 0.281. The molecule has 1 heterocycles. The maximum absolute atomic E-state index is 10.9. The minimum Gasteiger partial charge on any atom is -0.337 e. The zero-order valence-electron chi connectivity index (χ0n) is 6.13. The van der Waals surface area contributed by atoms with Crippen LogP contribution in [0.4, 0.5) is 4.79 Å². The first-order valence-electron chi connectivity index (χ1n) is 3.30. The molecular weight excluding hydrogens is 146 g/mol. The Bertz CT molecular complexity index is 299. The van der Waals surface area contributed by atoms with Gasteiger partial charge in [0.2, 0.25) is 0 Å². The number of rotatable bonds is 1. The Morgan fingerprint density at radius 3 is 3.00 bits per heavy atom. The average Bonchev–Trinajstić information content (AvgIpc) is 2.36. The van der Waals surface area contributed by atoms with Crippen molar-refractivity contribution in [2.75, 3.05) is 6.54 Å². The van der Waals surface area contributed by atoms with Crippen LogP contribution in [0.5, 0.6) is 0 Å². The van der Waals surface area contributed by atoms with E-state index in [0.717, 1.165) is 4.68 Å². The van der Waals surface area contributed by atoms with E-state index >= 15 is 0 Å². The standard InChI is InChI=1S/C6H9N3O2/c1-2-7-6(11)9-4-3-5(10)8-9/h3-4H,2H2,1H3,(H,7,11)(H,8,10). The summed E-state index contributed by atoms with van der Waals surface area (Å²) in [4.78, 5) is 21.5. The first-order chi connectivity index (χ1) is 5.24. The summed E-state index contributed by atoms with van der Waals surface area (Å²) in [5.74, 6) is 0. The van der Waals surface area contributed by atoms with Gasteiger partial charge in [-0.3, -0.25) is 9.89 Å². The summed E-state index contributed by atoms with van der Waals surface area (Å²) in [5, 5.41) is 4.84. The molecule has 5 nitrogen and oxygen atoms in total. The van der Waals surface area contributed by atoms with Crippen LogP contribution >= 0.6 is 0 Å². The van der Waals surface area contributed by atoms with Crippen molar-refractivity contribution < 1.29 is 4.79 Å². The summed E-state index contributed by atoms with van der Waals surface area (Å²) in [6.07, 6.45) is 1.38. The second-order valence-electron chi connectivity index (χ2n) is 2.00. The summed E-state index contributed by atoms with van der Waals surface area (Å²) < 4.78 is 1.10. The lowest BCUT2D eigenvalue weighted by atomic mass is 10.7. The molecule has 0 saturated carbocycles. The molecule has 1 amide bonds. The quantitative estimate of drug-likeness (QED) is 0.587. The molecule has 0 aliphatic carbocycles. The third-order valence-corrected chi connectivity index (χ3v) is 1.15. The van der Waals surface area contributed by atoms with Gasteiger partial charge in [-0.15, -0.1) is 0 Å². The van der Waals surface area contributed by atoms with Crippen molar-refractivity contribution in [1.29, 1.82) is 0 Å². The van der Waals surface area contributed by atoms with Crippen molar-refractivity contribution in [2.24, 2.45) is 0 Å². The topological polar surface area (TPSA) is 66.9 Å². The van der Waals surface area contributed by atoms with E-state index in [9.17, 15) is 9.59 Å². The highest BCUT2D eigenvalue weighted by Gasteiger charge is 2.00. The zero-order chi connectivity index (χ0) is 8.27. The van der Waals surface area contributed by atoms with Gasteiger partial charge < -0.3 is 5.32 Å². The molecule has 0 atom stereocenters. The van der Waals surface area contributed by atoms with Crippen LogP contribution in [-0.4, -0.2) is 22.4 Å². The van der Waals surface area contributed by atoms with E-state index in [1.165, 1.54) is 12.3 Å². The van der Waals surface area contributed by atoms with Gasteiger partial charge in [-0.25, -0.2) is 9.48 Å². The number of aromatic nitrogens is 2. The molecule has 0 radical (unpaired) electrons. The molecule has 0 aliphatic heterocycles. The number of carbonyl (C=O) groups is 1. The van der Waals surface area contributed by atoms with E-state index in [1.807, 2.05) is 0 Å². The van der Waals surface area contributed by atoms with Crippen LogP contribution in [0, 0.1) is 0 Å². The van der Waals surface area contributed by atoms with Crippen LogP contribution < -0.4 is 10.9 Å². The normalized spacial score (nSPS) is 9.55. The van der Waals surface area contributed by atoms with Crippen molar-refractivity contribution in [1.82, 2.24) is 15.1 Å². The molecular formula is C6H9N3O2. The Hall–Kier alpha value is -1.52. The van der Waals surface area contributed by atoms with Gasteiger partial charge in [-0.2, -0.15) is 0 Å². The van der Waals surface area contributed by atoms with Crippen LogP contribution in [0.3, 0.4) is 0 Å². The van der Waals surface area contributed by atoms with Crippen LogP contribution in [0.25, 0.3) is 0 Å². The van der Waals surface area contributed by atoms with E-state index in [-0.39, 0.29) is 11.6 Å². The van der Waals surface area contributed by atoms with Crippen LogP contribution in [0.15, 0.2) is 17.1 Å². The first kappa shape index (κ1) is 7.59. The Balaban J connectivity index is 2.76. The van der Waals surface area contributed by atoms with Gasteiger partial charge in [-0.1, -0.05) is 0 Å². The number of amides is 1. The molecule has 2 N–H and O–H groups in total. The third-order valence-electron chi connectivity index (χ3n) is 1.15. The summed E-state index contributed by atoms with van der Waals surface area (Å²) in [6, 6.07) is 0.963. The Morgan fingerprint density at radius 2 is 2.55 bits per heavy atom. The summed E-state index contributed by atoms with van der Waals surface area (Å²) in [7, 11) is 0. The largest absolute Gasteiger partial charge is 0.340 e. The number of aromatic amines is 1. The molecule has 60 valence electrons. The highest BCUT2D eigenvalue weighted by atomic mass is 16.2. The van der Waals surface area contributed by atoms with E-state index < -0.39 is 0 Å². The Labute approximate surface area is 63.0 Å². The fraction of sp³-hybridized carbons (Fsp3) is 0.333. The second kappa shape index (κ2) is 3.05. The third kappa shape index (κ3) is 1.70. The SMILES string of the molecule is CCNC(=O)n1ccc(=O)[nH]1. The molecule has 1 rings (SSSR count). The van der Waals surface area contributed by atoms with Gasteiger partial charge in [0.1, 0.15) is 0 Å². The maximum atomic E-state index is 10.9. The van der Waals surface area contributed by atoms with Gasteiger partial charge in [-0.05, 0) is 6.92 Å². The minimum atomic E-state index is -0.324. The van der Waals surface area contributed by atoms with E-state index in [1.54, 1.807) is 6.92 Å². The van der Waals surface area contributed by atoms with Gasteiger partial charge >= 0.3 is 6.03 Å². The average molecular weight is 155 g/mol. The lowest BCUT2D eigenvalue weighted by Crippen LogP contribution is -2.29. The molecule has 0 unspecified atom stereocenters. The van der Waals surface area contributed by atoms with Crippen molar-refractivity contribution in [2.45, 2.75) is 6.92 Å². The Morgan fingerprint density at radius 1 is 1.82 bits per heavy atom. The van der Waals surface area contributed by atoms with Crippen molar-refractivity contribution in [3.8, 4) is 0 Å². The molecule has 0 saturated heterocycles. The molecule has 11 heavy (non-hydrogen) atoms. The molecule has 0 spiro atoms. The van der Waals surface area contributed by atoms with Crippen molar-refractivity contribution in [3.05, 3.63) is 22.6 Å². The van der Waals surface area contributed by atoms with Gasteiger partial charge in [0.15, 0.2) is 0 Å². The number of hydrogen-bond acceptors (Lipinski definition) is 2. The fourth-order valence-electron chi connectivity index (χ4n) is 0.690. The molecule has 1 aromatic heterocycles. The number of carbonyl (C=O) groups excluding carboxylic acids is 1. The molecule has 0 bridgehead atoms. The highest BCUT2D eigenvalue weighted by Crippen LogP contribution is 1.77. The first-order valence-corrected chi connectivity index (χ1v) is 3.30. The summed E-state index contributed by atoms with van der Waals surface area (Å²) in [6.45, 7) is 2.35. The molecule has 0 aromatic carbocycles. The molecule has 5 heteroatoms.